The fraction of sp³-hybridized carbons (Fsp3) is 0.240. The zero-order chi connectivity index (χ0) is 24.6. The van der Waals surface area contributed by atoms with E-state index in [0.717, 1.165) is 28.4 Å². The van der Waals surface area contributed by atoms with E-state index in [-0.39, 0.29) is 4.90 Å². The first-order chi connectivity index (χ1) is 16.3. The second kappa shape index (κ2) is 11.9. The van der Waals surface area contributed by atoms with Crippen LogP contribution in [0.2, 0.25) is 5.02 Å². The number of halogens is 2. The van der Waals surface area contributed by atoms with Crippen LogP contribution in [0.5, 0.6) is 5.75 Å². The molecule has 0 bridgehead atoms. The van der Waals surface area contributed by atoms with Gasteiger partial charge in [0.05, 0.1) is 17.2 Å². The number of hydrogen-bond donors (Lipinski definition) is 1. The standard InChI is InChI=1S/C25H26ClFN2O4S/c1-2-33-23-13-11-22(12-14-23)29(34(31,32)24-15-9-21(27)10-16-24)18-25(30)28-17-3-4-19-5-7-20(26)8-6-19/h5-16H,2-4,17-18H2,1H3,(H,28,30). The summed E-state index contributed by atoms with van der Waals surface area (Å²) in [6.07, 6.45) is 1.43. The largest absolute Gasteiger partial charge is 0.494 e. The zero-order valence-electron chi connectivity index (χ0n) is 18.7. The molecule has 9 heteroatoms. The lowest BCUT2D eigenvalue weighted by Gasteiger charge is -2.24. The van der Waals surface area contributed by atoms with Crippen LogP contribution in [0.25, 0.3) is 0 Å². The number of benzene rings is 3. The molecule has 0 unspecified atom stereocenters. The molecule has 0 aromatic heterocycles. The highest BCUT2D eigenvalue weighted by molar-refractivity contribution is 7.92. The Balaban J connectivity index is 1.71. The molecule has 0 radical (unpaired) electrons. The molecule has 34 heavy (non-hydrogen) atoms. The number of nitrogens with zero attached hydrogens (tertiary/aromatic N) is 1. The normalized spacial score (nSPS) is 11.1. The maximum Gasteiger partial charge on any atom is 0.264 e. The number of carbonyl (C=O) groups excluding carboxylic acids is 1. The lowest BCUT2D eigenvalue weighted by atomic mass is 10.1. The maximum atomic E-state index is 13.3. The van der Waals surface area contributed by atoms with Gasteiger partial charge in [-0.1, -0.05) is 23.7 Å². The van der Waals surface area contributed by atoms with Gasteiger partial charge >= 0.3 is 0 Å². The van der Waals surface area contributed by atoms with Crippen molar-refractivity contribution in [2.24, 2.45) is 0 Å². The summed E-state index contributed by atoms with van der Waals surface area (Å²) in [6, 6.07) is 18.4. The smallest absolute Gasteiger partial charge is 0.264 e. The van der Waals surface area contributed by atoms with E-state index in [1.54, 1.807) is 24.3 Å². The van der Waals surface area contributed by atoms with Crippen molar-refractivity contribution in [2.75, 3.05) is 24.0 Å². The van der Waals surface area contributed by atoms with Crippen molar-refractivity contribution in [1.82, 2.24) is 5.32 Å². The van der Waals surface area contributed by atoms with E-state index in [1.807, 2.05) is 31.2 Å². The highest BCUT2D eigenvalue weighted by atomic mass is 35.5. The third-order valence-electron chi connectivity index (χ3n) is 5.00. The number of rotatable bonds is 11. The van der Waals surface area contributed by atoms with Gasteiger partial charge in [-0.3, -0.25) is 9.10 Å². The lowest BCUT2D eigenvalue weighted by Crippen LogP contribution is -2.41. The van der Waals surface area contributed by atoms with E-state index in [1.165, 1.54) is 12.1 Å². The van der Waals surface area contributed by atoms with Crippen LogP contribution in [0.3, 0.4) is 0 Å². The first-order valence-electron chi connectivity index (χ1n) is 10.8. The second-order valence-electron chi connectivity index (χ2n) is 7.47. The molecule has 0 aliphatic rings. The Morgan fingerprint density at radius 2 is 1.65 bits per heavy atom. The molecule has 3 aromatic carbocycles. The van der Waals surface area contributed by atoms with E-state index >= 15 is 0 Å². The Hall–Kier alpha value is -3.10. The molecule has 0 saturated carbocycles. The van der Waals surface area contributed by atoms with E-state index in [0.29, 0.717) is 36.0 Å². The first kappa shape index (κ1) is 25.5. The molecule has 0 fully saturated rings. The average Bonchev–Trinajstić information content (AvgIpc) is 2.82. The molecule has 1 amide bonds. The van der Waals surface area contributed by atoms with Crippen LogP contribution < -0.4 is 14.4 Å². The molecule has 0 heterocycles. The molecule has 6 nitrogen and oxygen atoms in total. The minimum Gasteiger partial charge on any atom is -0.494 e. The fourth-order valence-corrected chi connectivity index (χ4v) is 4.83. The van der Waals surface area contributed by atoms with Gasteiger partial charge in [0, 0.05) is 11.6 Å². The average molecular weight is 505 g/mol. The van der Waals surface area contributed by atoms with Crippen LogP contribution in [0.15, 0.2) is 77.7 Å². The summed E-state index contributed by atoms with van der Waals surface area (Å²) < 4.78 is 46.4. The first-order valence-corrected chi connectivity index (χ1v) is 12.6. The number of ether oxygens (including phenoxy) is 1. The molecule has 0 saturated heterocycles. The minimum atomic E-state index is -4.12. The fourth-order valence-electron chi connectivity index (χ4n) is 3.28. The number of hydrogen-bond acceptors (Lipinski definition) is 4. The number of anilines is 1. The third kappa shape index (κ3) is 6.95. The van der Waals surface area contributed by atoms with Crippen LogP contribution in [-0.4, -0.2) is 34.0 Å². The topological polar surface area (TPSA) is 75.7 Å². The molecule has 3 aromatic rings. The lowest BCUT2D eigenvalue weighted by molar-refractivity contribution is -0.119. The van der Waals surface area contributed by atoms with Crippen molar-refractivity contribution in [1.29, 1.82) is 0 Å². The van der Waals surface area contributed by atoms with Gasteiger partial charge in [0.15, 0.2) is 0 Å². The Labute approximate surface area is 204 Å². The summed E-state index contributed by atoms with van der Waals surface area (Å²) in [5.41, 5.74) is 1.39. The molecule has 1 N–H and O–H groups in total. The molecule has 0 aliphatic carbocycles. The van der Waals surface area contributed by atoms with Crippen LogP contribution in [0, 0.1) is 5.82 Å². The maximum absolute atomic E-state index is 13.3. The Morgan fingerprint density at radius 3 is 2.26 bits per heavy atom. The Bertz CT molecular complexity index is 1190. The summed E-state index contributed by atoms with van der Waals surface area (Å²) in [7, 11) is -4.12. The predicted molar refractivity (Wildman–Crippen MR) is 131 cm³/mol. The van der Waals surface area contributed by atoms with E-state index in [4.69, 9.17) is 16.3 Å². The number of amides is 1. The number of sulfonamides is 1. The summed E-state index contributed by atoms with van der Waals surface area (Å²) in [6.45, 7) is 2.27. The van der Waals surface area contributed by atoms with Crippen molar-refractivity contribution in [3.63, 3.8) is 0 Å². The van der Waals surface area contributed by atoms with Gasteiger partial charge in [0.2, 0.25) is 5.91 Å². The van der Waals surface area contributed by atoms with Gasteiger partial charge in [-0.05, 0) is 86.0 Å². The van der Waals surface area contributed by atoms with Crippen LogP contribution in [0.4, 0.5) is 10.1 Å². The minimum absolute atomic E-state index is 0.113. The van der Waals surface area contributed by atoms with Gasteiger partial charge in [0.25, 0.3) is 10.0 Å². The highest BCUT2D eigenvalue weighted by Crippen LogP contribution is 2.26. The van der Waals surface area contributed by atoms with Crippen molar-refractivity contribution in [3.8, 4) is 5.75 Å². The van der Waals surface area contributed by atoms with Crippen LogP contribution in [0.1, 0.15) is 18.9 Å². The van der Waals surface area contributed by atoms with Gasteiger partial charge in [-0.15, -0.1) is 0 Å². The predicted octanol–water partition coefficient (Wildman–Crippen LogP) is 4.82. The molecular formula is C25H26ClFN2O4S. The zero-order valence-corrected chi connectivity index (χ0v) is 20.3. The Morgan fingerprint density at radius 1 is 1.00 bits per heavy atom. The molecule has 0 spiro atoms. The van der Waals surface area contributed by atoms with Crippen LogP contribution >= 0.6 is 11.6 Å². The van der Waals surface area contributed by atoms with E-state index in [9.17, 15) is 17.6 Å². The van der Waals surface area contributed by atoms with E-state index < -0.39 is 28.3 Å². The summed E-state index contributed by atoms with van der Waals surface area (Å²) in [4.78, 5) is 12.6. The third-order valence-corrected chi connectivity index (χ3v) is 7.04. The van der Waals surface area contributed by atoms with Gasteiger partial charge in [0.1, 0.15) is 18.1 Å². The molecule has 0 aliphatic heterocycles. The van der Waals surface area contributed by atoms with Crippen molar-refractivity contribution >= 4 is 33.2 Å². The molecule has 0 atom stereocenters. The number of aryl methyl sites for hydroxylation is 1. The summed E-state index contributed by atoms with van der Waals surface area (Å²) in [5, 5.41) is 3.43. The second-order valence-corrected chi connectivity index (χ2v) is 9.77. The quantitative estimate of drug-likeness (QED) is 0.380. The molecule has 3 rings (SSSR count). The summed E-state index contributed by atoms with van der Waals surface area (Å²) >= 11 is 5.89. The monoisotopic (exact) mass is 504 g/mol. The van der Waals surface area contributed by atoms with Crippen molar-refractivity contribution in [3.05, 3.63) is 89.2 Å². The SMILES string of the molecule is CCOc1ccc(N(CC(=O)NCCCc2ccc(Cl)cc2)S(=O)(=O)c2ccc(F)cc2)cc1. The number of nitrogens with one attached hydrogen (secondary N) is 1. The Kier molecular flexibility index (Phi) is 8.90. The van der Waals surface area contributed by atoms with Crippen LogP contribution in [-0.2, 0) is 21.2 Å². The molecule has 180 valence electrons. The van der Waals surface area contributed by atoms with Gasteiger partial charge in [-0.2, -0.15) is 0 Å². The molecular weight excluding hydrogens is 479 g/mol. The number of carbonyl (C=O) groups is 1. The summed E-state index contributed by atoms with van der Waals surface area (Å²) in [5.74, 6) is -0.419. The highest BCUT2D eigenvalue weighted by Gasteiger charge is 2.27. The van der Waals surface area contributed by atoms with Crippen molar-refractivity contribution in [2.45, 2.75) is 24.7 Å². The van der Waals surface area contributed by atoms with Crippen molar-refractivity contribution < 1.29 is 22.3 Å². The van der Waals surface area contributed by atoms with Gasteiger partial charge in [-0.25, -0.2) is 12.8 Å². The van der Waals surface area contributed by atoms with Gasteiger partial charge < -0.3 is 10.1 Å². The van der Waals surface area contributed by atoms with E-state index in [2.05, 4.69) is 5.32 Å².